The number of amides is 3. The van der Waals surface area contributed by atoms with Crippen molar-refractivity contribution < 1.29 is 27.1 Å². The Morgan fingerprint density at radius 2 is 1.41 bits per heavy atom. The second kappa shape index (κ2) is 14.6. The monoisotopic (exact) mass is 579 g/mol. The van der Waals surface area contributed by atoms with E-state index in [-0.39, 0.29) is 17.7 Å². The van der Waals surface area contributed by atoms with Crippen LogP contribution in [0.15, 0.2) is 107 Å². The number of benzene rings is 3. The zero-order valence-corrected chi connectivity index (χ0v) is 23.4. The number of carbonyl (C=O) groups is 2. The van der Waals surface area contributed by atoms with Crippen LogP contribution in [0.1, 0.15) is 17.5 Å². The summed E-state index contributed by atoms with van der Waals surface area (Å²) in [6, 6.07) is 23.6. The molecule has 8 nitrogen and oxygen atoms in total. The lowest BCUT2D eigenvalue weighted by molar-refractivity contribution is -0.123. The Labute approximate surface area is 240 Å². The van der Waals surface area contributed by atoms with Crippen molar-refractivity contribution in [2.24, 2.45) is 0 Å². The lowest BCUT2D eigenvalue weighted by atomic mass is 10.0. The molecule has 0 bridgehead atoms. The quantitative estimate of drug-likeness (QED) is 0.357. The highest BCUT2D eigenvalue weighted by atomic mass is 32.2. The first-order valence-corrected chi connectivity index (χ1v) is 15.0. The lowest BCUT2D eigenvalue weighted by Gasteiger charge is -2.29. The maximum atomic E-state index is 15.3. The fourth-order valence-electron chi connectivity index (χ4n) is 4.47. The van der Waals surface area contributed by atoms with Gasteiger partial charge in [0.2, 0.25) is 20.9 Å². The van der Waals surface area contributed by atoms with Crippen LogP contribution in [-0.2, 0) is 32.2 Å². The van der Waals surface area contributed by atoms with Gasteiger partial charge < -0.3 is 20.3 Å². The summed E-state index contributed by atoms with van der Waals surface area (Å²) < 4.78 is 46.4. The van der Waals surface area contributed by atoms with Gasteiger partial charge in [-0.3, -0.25) is 4.79 Å². The second-order valence-corrected chi connectivity index (χ2v) is 11.6. The van der Waals surface area contributed by atoms with Gasteiger partial charge in [0.1, 0.15) is 6.04 Å². The minimum atomic E-state index is -4.40. The van der Waals surface area contributed by atoms with E-state index in [9.17, 15) is 18.0 Å². The molecule has 0 unspecified atom stereocenters. The number of ether oxygens (including phenoxy) is 1. The molecule has 0 aliphatic carbocycles. The van der Waals surface area contributed by atoms with Crippen molar-refractivity contribution in [1.29, 1.82) is 0 Å². The van der Waals surface area contributed by atoms with Crippen LogP contribution in [0.3, 0.4) is 0 Å². The molecule has 3 aromatic carbocycles. The number of hydrogen-bond acceptors (Lipinski definition) is 5. The number of rotatable bonds is 11. The van der Waals surface area contributed by atoms with Crippen molar-refractivity contribution in [1.82, 2.24) is 15.5 Å². The first kappa shape index (κ1) is 30.0. The fourth-order valence-corrected chi connectivity index (χ4v) is 5.56. The van der Waals surface area contributed by atoms with Crippen molar-refractivity contribution in [2.75, 3.05) is 26.3 Å². The molecule has 0 aromatic heterocycles. The molecular weight excluding hydrogens is 545 g/mol. The predicted molar refractivity (Wildman–Crippen MR) is 154 cm³/mol. The Bertz CT molecular complexity index is 1410. The number of sulfone groups is 1. The van der Waals surface area contributed by atoms with E-state index in [1.54, 1.807) is 11.0 Å². The topological polar surface area (TPSA) is 105 Å². The van der Waals surface area contributed by atoms with Crippen LogP contribution >= 0.6 is 0 Å². The average molecular weight is 580 g/mol. The zero-order chi connectivity index (χ0) is 29.1. The van der Waals surface area contributed by atoms with Crippen LogP contribution in [0.4, 0.5) is 9.18 Å². The summed E-state index contributed by atoms with van der Waals surface area (Å²) in [5, 5.41) is 4.25. The Kier molecular flexibility index (Phi) is 10.6. The van der Waals surface area contributed by atoms with E-state index in [1.165, 1.54) is 24.3 Å². The Hall–Kier alpha value is -4.02. The molecule has 216 valence electrons. The van der Waals surface area contributed by atoms with E-state index in [0.29, 0.717) is 32.7 Å². The Morgan fingerprint density at radius 1 is 0.854 bits per heavy atom. The second-order valence-electron chi connectivity index (χ2n) is 9.72. The van der Waals surface area contributed by atoms with E-state index in [2.05, 4.69) is 10.6 Å². The minimum absolute atomic E-state index is 0.179. The summed E-state index contributed by atoms with van der Waals surface area (Å²) in [6.07, 6.45) is 1.84. The molecule has 1 aliphatic heterocycles. The highest BCUT2D eigenvalue weighted by molar-refractivity contribution is 7.95. The molecule has 1 aliphatic rings. The first-order valence-electron chi connectivity index (χ1n) is 13.5. The highest BCUT2D eigenvalue weighted by Gasteiger charge is 2.28. The SMILES string of the molecule is O=C(N[C@H](/C=C(\F)S(=O)(=O)c1ccccc1)CCc1ccccc1)[C@H](Cc1ccccc1)NC(=O)N1CCOCC1. The van der Waals surface area contributed by atoms with Gasteiger partial charge >= 0.3 is 6.03 Å². The number of nitrogens with zero attached hydrogens (tertiary/aromatic N) is 1. The third-order valence-electron chi connectivity index (χ3n) is 6.75. The molecule has 1 saturated heterocycles. The molecule has 2 N–H and O–H groups in total. The Balaban J connectivity index is 1.57. The molecule has 3 aromatic rings. The highest BCUT2D eigenvalue weighted by Crippen LogP contribution is 2.21. The van der Waals surface area contributed by atoms with Crippen molar-refractivity contribution in [3.63, 3.8) is 0 Å². The number of morpholine rings is 1. The molecule has 3 amide bonds. The van der Waals surface area contributed by atoms with Gasteiger partial charge in [0.05, 0.1) is 24.2 Å². The predicted octanol–water partition coefficient (Wildman–Crippen LogP) is 4.04. The standard InChI is InChI=1S/C31H34FN3O5S/c32-29(41(38,39)27-14-8-3-9-15-27)23-26(17-16-24-10-4-1-5-11-24)33-30(36)28(22-25-12-6-2-7-13-25)34-31(37)35-18-20-40-21-19-35/h1-15,23,26,28H,16-22H2,(H,33,36)(H,34,37)/b29-23+/t26-,28-/m0/s1. The van der Waals surface area contributed by atoms with Gasteiger partial charge in [-0.1, -0.05) is 78.9 Å². The Morgan fingerprint density at radius 3 is 2.02 bits per heavy atom. The normalized spacial score (nSPS) is 15.5. The molecule has 4 rings (SSSR count). The summed E-state index contributed by atoms with van der Waals surface area (Å²) in [5.41, 5.74) is 1.78. The number of urea groups is 1. The fraction of sp³-hybridized carbons (Fsp3) is 0.290. The van der Waals surface area contributed by atoms with Crippen molar-refractivity contribution in [3.05, 3.63) is 113 Å². The molecule has 0 spiro atoms. The van der Waals surface area contributed by atoms with Crippen LogP contribution in [0, 0.1) is 0 Å². The number of halogens is 1. The molecule has 1 heterocycles. The van der Waals surface area contributed by atoms with Crippen molar-refractivity contribution >= 4 is 21.8 Å². The van der Waals surface area contributed by atoms with Crippen LogP contribution in [0.2, 0.25) is 0 Å². The summed E-state index contributed by atoms with van der Waals surface area (Å²) in [5.74, 6) is -0.547. The van der Waals surface area contributed by atoms with E-state index in [0.717, 1.165) is 17.2 Å². The van der Waals surface area contributed by atoms with Crippen molar-refractivity contribution in [3.8, 4) is 0 Å². The van der Waals surface area contributed by atoms with E-state index in [1.807, 2.05) is 60.7 Å². The molecule has 2 atom stereocenters. The van der Waals surface area contributed by atoms with Gasteiger partial charge in [0.15, 0.2) is 0 Å². The number of carbonyl (C=O) groups excluding carboxylic acids is 2. The zero-order valence-electron chi connectivity index (χ0n) is 22.6. The number of aryl methyl sites for hydroxylation is 1. The first-order chi connectivity index (χ1) is 19.8. The maximum absolute atomic E-state index is 15.3. The van der Waals surface area contributed by atoms with E-state index >= 15 is 4.39 Å². The van der Waals surface area contributed by atoms with Crippen LogP contribution < -0.4 is 10.6 Å². The minimum Gasteiger partial charge on any atom is -0.378 e. The summed E-state index contributed by atoms with van der Waals surface area (Å²) in [7, 11) is -4.40. The van der Waals surface area contributed by atoms with Gasteiger partial charge in [-0.2, -0.15) is 4.39 Å². The maximum Gasteiger partial charge on any atom is 0.318 e. The van der Waals surface area contributed by atoms with E-state index in [4.69, 9.17) is 4.74 Å². The molecule has 0 saturated carbocycles. The number of nitrogens with one attached hydrogen (secondary N) is 2. The molecule has 10 heteroatoms. The largest absolute Gasteiger partial charge is 0.378 e. The summed E-state index contributed by atoms with van der Waals surface area (Å²) >= 11 is 0. The molecule has 1 fully saturated rings. The van der Waals surface area contributed by atoms with Crippen LogP contribution in [0.25, 0.3) is 0 Å². The lowest BCUT2D eigenvalue weighted by Crippen LogP contribution is -2.55. The van der Waals surface area contributed by atoms with Gasteiger partial charge in [0, 0.05) is 19.5 Å². The van der Waals surface area contributed by atoms with Crippen LogP contribution in [0.5, 0.6) is 0 Å². The third kappa shape index (κ3) is 8.73. The summed E-state index contributed by atoms with van der Waals surface area (Å²) in [4.78, 5) is 28.0. The molecule has 41 heavy (non-hydrogen) atoms. The average Bonchev–Trinajstić information content (AvgIpc) is 3.01. The number of hydrogen-bond donors (Lipinski definition) is 2. The van der Waals surface area contributed by atoms with Gasteiger partial charge in [-0.05, 0) is 42.2 Å². The van der Waals surface area contributed by atoms with Gasteiger partial charge in [0.25, 0.3) is 0 Å². The molecule has 0 radical (unpaired) electrons. The van der Waals surface area contributed by atoms with Gasteiger partial charge in [-0.15, -0.1) is 0 Å². The van der Waals surface area contributed by atoms with E-state index < -0.39 is 39.0 Å². The molecular formula is C31H34FN3O5S. The van der Waals surface area contributed by atoms with Gasteiger partial charge in [-0.25, -0.2) is 13.2 Å². The van der Waals surface area contributed by atoms with Crippen molar-refractivity contribution in [2.45, 2.75) is 36.2 Å². The van der Waals surface area contributed by atoms with Crippen LogP contribution in [-0.4, -0.2) is 63.6 Å². The smallest absolute Gasteiger partial charge is 0.318 e. The third-order valence-corrected chi connectivity index (χ3v) is 8.29. The summed E-state index contributed by atoms with van der Waals surface area (Å²) in [6.45, 7) is 1.61.